The summed E-state index contributed by atoms with van der Waals surface area (Å²) in [6, 6.07) is 0. The molecule has 20 atom stereocenters. The molecule has 8 heteroatoms. The number of methoxy groups -OCH3 is 1. The average Bonchev–Trinajstić information content (AvgIpc) is 3.05. The highest BCUT2D eigenvalue weighted by atomic mass is 16.7. The minimum absolute atomic E-state index is 0.00692. The number of ether oxygens (including phenoxy) is 8. The lowest BCUT2D eigenvalue weighted by Crippen LogP contribution is -2.59. The van der Waals surface area contributed by atoms with E-state index in [4.69, 9.17) is 37.9 Å². The van der Waals surface area contributed by atoms with E-state index in [9.17, 15) is 0 Å². The van der Waals surface area contributed by atoms with Crippen molar-refractivity contribution in [2.24, 2.45) is 53.3 Å². The Labute approximate surface area is 281 Å². The van der Waals surface area contributed by atoms with Crippen molar-refractivity contribution in [1.82, 2.24) is 0 Å². The SMILES string of the molecule is CCC1O[C@H](OC2[C@@H](O[C@@H]3C(C)[C@@H](O[C@@H]4C(C)[C@@H](OC)OC(CC)[C@H]4C)OC(CC)[C@H]3C)OC(CC)[C@@H](C)[C@@H]2C)C(C)[C@@H](C)[C@@H]1C. The molecule has 0 aromatic rings. The second-order valence-electron chi connectivity index (χ2n) is 15.6. The van der Waals surface area contributed by atoms with Crippen LogP contribution in [0.25, 0.3) is 0 Å². The van der Waals surface area contributed by atoms with Crippen molar-refractivity contribution in [2.75, 3.05) is 7.11 Å². The number of hydrogen-bond donors (Lipinski definition) is 0. The molecule has 0 radical (unpaired) electrons. The summed E-state index contributed by atoms with van der Waals surface area (Å²) in [5.41, 5.74) is 0. The van der Waals surface area contributed by atoms with Gasteiger partial charge >= 0.3 is 0 Å². The van der Waals surface area contributed by atoms with Crippen LogP contribution in [0.2, 0.25) is 0 Å². The third-order valence-corrected chi connectivity index (χ3v) is 12.9. The fraction of sp³-hybridized carbons (Fsp3) is 1.00. The molecule has 8 nitrogen and oxygen atoms in total. The summed E-state index contributed by atoms with van der Waals surface area (Å²) >= 11 is 0. The zero-order chi connectivity index (χ0) is 34.0. The summed E-state index contributed by atoms with van der Waals surface area (Å²) in [5.74, 6) is 2.28. The summed E-state index contributed by atoms with van der Waals surface area (Å²) < 4.78 is 53.4. The van der Waals surface area contributed by atoms with Crippen molar-refractivity contribution in [3.63, 3.8) is 0 Å². The van der Waals surface area contributed by atoms with Crippen molar-refractivity contribution in [3.05, 3.63) is 0 Å². The molecule has 8 unspecified atom stereocenters. The molecule has 0 aromatic heterocycles. The molecular formula is C38H70O8. The van der Waals surface area contributed by atoms with E-state index in [1.54, 1.807) is 7.11 Å². The maximum atomic E-state index is 7.18. The molecule has 0 aromatic carbocycles. The fourth-order valence-electron chi connectivity index (χ4n) is 8.99. The number of hydrogen-bond acceptors (Lipinski definition) is 8. The van der Waals surface area contributed by atoms with Crippen LogP contribution < -0.4 is 0 Å². The third kappa shape index (κ3) is 7.70. The van der Waals surface area contributed by atoms with Gasteiger partial charge in [0.2, 0.25) is 0 Å². The molecule has 46 heavy (non-hydrogen) atoms. The minimum Gasteiger partial charge on any atom is -0.355 e. The van der Waals surface area contributed by atoms with Crippen LogP contribution in [-0.4, -0.2) is 75.0 Å². The van der Waals surface area contributed by atoms with Gasteiger partial charge in [0.05, 0.1) is 36.6 Å². The highest BCUT2D eigenvalue weighted by Crippen LogP contribution is 2.44. The molecule has 4 heterocycles. The van der Waals surface area contributed by atoms with Gasteiger partial charge < -0.3 is 37.9 Å². The summed E-state index contributed by atoms with van der Waals surface area (Å²) in [5, 5.41) is 0. The first-order chi connectivity index (χ1) is 21.8. The fourth-order valence-corrected chi connectivity index (χ4v) is 8.99. The van der Waals surface area contributed by atoms with Crippen LogP contribution in [0.3, 0.4) is 0 Å². The van der Waals surface area contributed by atoms with Gasteiger partial charge in [0, 0.05) is 36.7 Å². The van der Waals surface area contributed by atoms with Crippen LogP contribution in [0.1, 0.15) is 116 Å². The smallest absolute Gasteiger partial charge is 0.184 e. The Morgan fingerprint density at radius 2 is 0.696 bits per heavy atom. The quantitative estimate of drug-likeness (QED) is 0.222. The van der Waals surface area contributed by atoms with Gasteiger partial charge in [-0.15, -0.1) is 0 Å². The second kappa shape index (κ2) is 16.6. The molecule has 0 spiro atoms. The maximum Gasteiger partial charge on any atom is 0.184 e. The highest BCUT2D eigenvalue weighted by Gasteiger charge is 2.52. The van der Waals surface area contributed by atoms with E-state index in [1.165, 1.54) is 0 Å². The lowest BCUT2D eigenvalue weighted by Gasteiger charge is -2.52. The topological polar surface area (TPSA) is 73.8 Å². The summed E-state index contributed by atoms with van der Waals surface area (Å²) in [6.45, 7) is 29.1. The van der Waals surface area contributed by atoms with Gasteiger partial charge in [-0.1, -0.05) is 90.0 Å². The number of rotatable bonds is 11. The summed E-state index contributed by atoms with van der Waals surface area (Å²) in [7, 11) is 1.72. The summed E-state index contributed by atoms with van der Waals surface area (Å²) in [4.78, 5) is 0. The van der Waals surface area contributed by atoms with Crippen LogP contribution in [0.5, 0.6) is 0 Å². The molecule has 4 saturated heterocycles. The van der Waals surface area contributed by atoms with E-state index >= 15 is 0 Å². The van der Waals surface area contributed by atoms with E-state index in [0.29, 0.717) is 17.8 Å². The maximum absolute atomic E-state index is 7.18. The van der Waals surface area contributed by atoms with Gasteiger partial charge in [0.1, 0.15) is 6.10 Å². The standard InChI is InChI=1S/C38H70O8/c1-15-28-20(6)19(5)23(9)36(41-28)46-34-22(8)21(7)29(16-2)43-38(34)45-33-25(11)31(18-4)42-37(27(33)13)44-32-24(10)30(17-3)40-35(39-14)26(32)12/h19-38H,15-18H2,1-14H3/t19-,20-,21-,22-,23?,24+,25+,26?,27?,28?,29?,30?,31?,32-,33-,34?,35-,36+,37+,38+/m0/s1. The van der Waals surface area contributed by atoms with Gasteiger partial charge in [-0.05, 0) is 49.4 Å². The van der Waals surface area contributed by atoms with Gasteiger partial charge in [-0.3, -0.25) is 0 Å². The van der Waals surface area contributed by atoms with Crippen LogP contribution in [0, 0.1) is 53.3 Å². The van der Waals surface area contributed by atoms with E-state index in [1.807, 2.05) is 0 Å². The predicted molar refractivity (Wildman–Crippen MR) is 180 cm³/mol. The van der Waals surface area contributed by atoms with Crippen molar-refractivity contribution in [3.8, 4) is 0 Å². The molecule has 0 amide bonds. The molecular weight excluding hydrogens is 584 g/mol. The molecule has 4 fully saturated rings. The molecule has 4 rings (SSSR count). The van der Waals surface area contributed by atoms with E-state index < -0.39 is 12.6 Å². The van der Waals surface area contributed by atoms with Crippen LogP contribution in [0.15, 0.2) is 0 Å². The van der Waals surface area contributed by atoms with Crippen molar-refractivity contribution < 1.29 is 37.9 Å². The first kappa shape index (κ1) is 38.5. The van der Waals surface area contributed by atoms with Crippen LogP contribution >= 0.6 is 0 Å². The molecule has 0 aliphatic carbocycles. The monoisotopic (exact) mass is 655 g/mol. The Morgan fingerprint density at radius 1 is 0.348 bits per heavy atom. The molecule has 0 bridgehead atoms. The Kier molecular flexibility index (Phi) is 13.9. The Hall–Kier alpha value is -0.320. The van der Waals surface area contributed by atoms with Gasteiger partial charge in [0.25, 0.3) is 0 Å². The first-order valence-corrected chi connectivity index (χ1v) is 18.9. The molecule has 270 valence electrons. The Bertz CT molecular complexity index is 901. The van der Waals surface area contributed by atoms with E-state index in [0.717, 1.165) is 25.7 Å². The lowest BCUT2D eigenvalue weighted by molar-refractivity contribution is -0.368. The Balaban J connectivity index is 1.58. The first-order valence-electron chi connectivity index (χ1n) is 18.9. The minimum atomic E-state index is -0.504. The van der Waals surface area contributed by atoms with Crippen molar-refractivity contribution >= 4 is 0 Å². The van der Waals surface area contributed by atoms with Gasteiger partial charge in [0.15, 0.2) is 25.2 Å². The highest BCUT2D eigenvalue weighted by molar-refractivity contribution is 4.93. The molecule has 0 N–H and O–H groups in total. The average molecular weight is 655 g/mol. The molecule has 4 aliphatic rings. The zero-order valence-corrected chi connectivity index (χ0v) is 31.6. The lowest BCUT2D eigenvalue weighted by atomic mass is 9.78. The van der Waals surface area contributed by atoms with Crippen LogP contribution in [0.4, 0.5) is 0 Å². The molecule has 0 saturated carbocycles. The largest absolute Gasteiger partial charge is 0.355 e. The van der Waals surface area contributed by atoms with E-state index in [-0.39, 0.29) is 90.8 Å². The van der Waals surface area contributed by atoms with E-state index in [2.05, 4.69) is 90.0 Å². The van der Waals surface area contributed by atoms with Gasteiger partial charge in [-0.25, -0.2) is 0 Å². The normalized spacial score (nSPS) is 52.0. The second-order valence-corrected chi connectivity index (χ2v) is 15.6. The Morgan fingerprint density at radius 3 is 1.17 bits per heavy atom. The predicted octanol–water partition coefficient (Wildman–Crippen LogP) is 8.05. The molecule has 4 aliphatic heterocycles. The third-order valence-electron chi connectivity index (χ3n) is 12.9. The van der Waals surface area contributed by atoms with Gasteiger partial charge in [-0.2, -0.15) is 0 Å². The summed E-state index contributed by atoms with van der Waals surface area (Å²) in [6.07, 6.45) is 2.14. The van der Waals surface area contributed by atoms with Crippen molar-refractivity contribution in [2.45, 2.75) is 184 Å². The van der Waals surface area contributed by atoms with Crippen LogP contribution in [-0.2, 0) is 37.9 Å². The van der Waals surface area contributed by atoms with Crippen molar-refractivity contribution in [1.29, 1.82) is 0 Å². The zero-order valence-electron chi connectivity index (χ0n) is 31.6.